The van der Waals surface area contributed by atoms with Gasteiger partial charge < -0.3 is 0 Å². The summed E-state index contributed by atoms with van der Waals surface area (Å²) in [7, 11) is 0. The number of aromatic nitrogens is 1. The quantitative estimate of drug-likeness (QED) is 0.132. The van der Waals surface area contributed by atoms with Crippen molar-refractivity contribution in [1.82, 2.24) is 4.98 Å². The fraction of sp³-hybridized carbons (Fsp3) is 0. The van der Waals surface area contributed by atoms with Crippen LogP contribution in [0.3, 0.4) is 0 Å². The highest BCUT2D eigenvalue weighted by Crippen LogP contribution is 2.41. The Labute approximate surface area is 303 Å². The molecule has 0 N–H and O–H groups in total. The topological polar surface area (TPSA) is 12.9 Å². The minimum Gasteiger partial charge on any atom is -0.246 e. The lowest BCUT2D eigenvalue weighted by molar-refractivity contribution is 1.53. The van der Waals surface area contributed by atoms with Crippen LogP contribution in [0.2, 0.25) is 0 Å². The minimum atomic E-state index is 1.04. The van der Waals surface area contributed by atoms with Crippen molar-refractivity contribution in [3.8, 4) is 55.6 Å². The molecule has 10 rings (SSSR count). The zero-order valence-corrected chi connectivity index (χ0v) is 28.5. The van der Waals surface area contributed by atoms with Crippen molar-refractivity contribution in [2.45, 2.75) is 0 Å². The molecule has 9 aromatic carbocycles. The van der Waals surface area contributed by atoms with Gasteiger partial charge in [-0.2, -0.15) is 0 Å². The fourth-order valence-electron chi connectivity index (χ4n) is 7.82. The number of fused-ring (bicyclic) bond motifs is 6. The monoisotopic (exact) mass is 659 g/mol. The molecule has 0 saturated heterocycles. The van der Waals surface area contributed by atoms with Crippen molar-refractivity contribution < 1.29 is 0 Å². The van der Waals surface area contributed by atoms with Crippen LogP contribution in [0.15, 0.2) is 200 Å². The highest BCUT2D eigenvalue weighted by molar-refractivity contribution is 6.21. The van der Waals surface area contributed by atoms with Crippen molar-refractivity contribution in [3.05, 3.63) is 200 Å². The summed E-state index contributed by atoms with van der Waals surface area (Å²) in [4.78, 5) is 5.39. The molecule has 1 nitrogen and oxygen atoms in total. The third-order valence-electron chi connectivity index (χ3n) is 10.4. The number of pyridine rings is 1. The average Bonchev–Trinajstić information content (AvgIpc) is 3.23. The maximum Gasteiger partial charge on any atom is 0.0794 e. The van der Waals surface area contributed by atoms with Crippen LogP contribution in [0.1, 0.15) is 0 Å². The molecule has 1 aromatic heterocycles. The third-order valence-corrected chi connectivity index (χ3v) is 10.4. The van der Waals surface area contributed by atoms with E-state index in [2.05, 4.69) is 200 Å². The van der Waals surface area contributed by atoms with Gasteiger partial charge in [0.2, 0.25) is 0 Å². The SMILES string of the molecule is c1ccc(-c2cc(-c3ccccc3)cc(-c3ccc(-c4cccc(-c5c6ccc7ccccc7c6nc6c5ccc5ccccc56)c4)cc3)c2)cc1. The summed E-state index contributed by atoms with van der Waals surface area (Å²) in [6.45, 7) is 0. The van der Waals surface area contributed by atoms with Gasteiger partial charge in [-0.05, 0) is 85.1 Å². The molecule has 0 aliphatic rings. The van der Waals surface area contributed by atoms with Crippen LogP contribution in [0.5, 0.6) is 0 Å². The van der Waals surface area contributed by atoms with Gasteiger partial charge in [0.05, 0.1) is 11.0 Å². The van der Waals surface area contributed by atoms with Gasteiger partial charge in [-0.1, -0.05) is 176 Å². The van der Waals surface area contributed by atoms with E-state index in [1.54, 1.807) is 0 Å². The van der Waals surface area contributed by atoms with Gasteiger partial charge in [-0.25, -0.2) is 4.98 Å². The van der Waals surface area contributed by atoms with Gasteiger partial charge in [0.15, 0.2) is 0 Å². The Morgan fingerprint density at radius 3 is 1.13 bits per heavy atom. The van der Waals surface area contributed by atoms with Crippen LogP contribution >= 0.6 is 0 Å². The first-order valence-electron chi connectivity index (χ1n) is 17.9. The first-order chi connectivity index (χ1) is 25.8. The third kappa shape index (κ3) is 5.23. The van der Waals surface area contributed by atoms with Crippen molar-refractivity contribution in [2.24, 2.45) is 0 Å². The molecule has 0 atom stereocenters. The second-order valence-electron chi connectivity index (χ2n) is 13.5. The Bertz CT molecular complexity index is 2770. The number of rotatable bonds is 5. The van der Waals surface area contributed by atoms with Gasteiger partial charge in [0, 0.05) is 27.1 Å². The number of benzene rings is 9. The highest BCUT2D eigenvalue weighted by atomic mass is 14.7. The van der Waals surface area contributed by atoms with Crippen molar-refractivity contribution in [1.29, 1.82) is 0 Å². The van der Waals surface area contributed by atoms with E-state index < -0.39 is 0 Å². The molecule has 0 amide bonds. The zero-order chi connectivity index (χ0) is 34.4. The smallest absolute Gasteiger partial charge is 0.0794 e. The summed E-state index contributed by atoms with van der Waals surface area (Å²) in [5.74, 6) is 0. The summed E-state index contributed by atoms with van der Waals surface area (Å²) in [6, 6.07) is 72.4. The van der Waals surface area contributed by atoms with E-state index in [1.807, 2.05) is 0 Å². The van der Waals surface area contributed by atoms with Gasteiger partial charge in [-0.15, -0.1) is 0 Å². The zero-order valence-electron chi connectivity index (χ0n) is 28.5. The molecular formula is C51H33N. The highest BCUT2D eigenvalue weighted by Gasteiger charge is 2.16. The average molecular weight is 660 g/mol. The standard InChI is InChI=1S/C51H33N/c1-3-12-34(13-4-1)42-31-43(35-14-5-2-6-15-35)33-44(32-42)37-24-22-36(23-25-37)40-18-11-19-41(30-40)49-47-28-26-38-16-7-9-20-45(38)50(47)52-51-46-21-10-8-17-39(46)27-29-48(49)51/h1-33H. The molecule has 52 heavy (non-hydrogen) atoms. The Hall–Kier alpha value is -6.83. The molecule has 242 valence electrons. The number of nitrogens with zero attached hydrogens (tertiary/aromatic N) is 1. The molecule has 0 spiro atoms. The molecule has 0 saturated carbocycles. The Balaban J connectivity index is 1.10. The Morgan fingerprint density at radius 1 is 0.231 bits per heavy atom. The van der Waals surface area contributed by atoms with Crippen LogP contribution in [-0.4, -0.2) is 4.98 Å². The van der Waals surface area contributed by atoms with E-state index in [9.17, 15) is 0 Å². The normalized spacial score (nSPS) is 11.5. The first kappa shape index (κ1) is 30.0. The van der Waals surface area contributed by atoms with Gasteiger partial charge in [-0.3, -0.25) is 0 Å². The lowest BCUT2D eigenvalue weighted by atomic mass is 9.90. The predicted molar refractivity (Wildman–Crippen MR) is 221 cm³/mol. The molecule has 0 aliphatic carbocycles. The van der Waals surface area contributed by atoms with E-state index in [0.29, 0.717) is 0 Å². The molecule has 10 aromatic rings. The van der Waals surface area contributed by atoms with Crippen LogP contribution in [0.25, 0.3) is 99.0 Å². The number of hydrogen-bond donors (Lipinski definition) is 0. The summed E-state index contributed by atoms with van der Waals surface area (Å²) >= 11 is 0. The Kier molecular flexibility index (Phi) is 7.22. The fourth-order valence-corrected chi connectivity index (χ4v) is 7.82. The first-order valence-corrected chi connectivity index (χ1v) is 17.9. The van der Waals surface area contributed by atoms with Crippen molar-refractivity contribution in [2.75, 3.05) is 0 Å². The largest absolute Gasteiger partial charge is 0.246 e. The predicted octanol–water partition coefficient (Wildman–Crippen LogP) is 14.0. The maximum absolute atomic E-state index is 5.39. The summed E-state index contributed by atoms with van der Waals surface area (Å²) in [5.41, 5.74) is 14.1. The molecule has 0 unspecified atom stereocenters. The maximum atomic E-state index is 5.39. The second-order valence-corrected chi connectivity index (χ2v) is 13.5. The van der Waals surface area contributed by atoms with Crippen LogP contribution < -0.4 is 0 Å². The summed E-state index contributed by atoms with van der Waals surface area (Å²) < 4.78 is 0. The van der Waals surface area contributed by atoms with E-state index in [4.69, 9.17) is 4.98 Å². The molecule has 0 bridgehead atoms. The van der Waals surface area contributed by atoms with Gasteiger partial charge in [0.1, 0.15) is 0 Å². The molecule has 1 heteroatoms. The van der Waals surface area contributed by atoms with E-state index in [0.717, 1.165) is 11.0 Å². The van der Waals surface area contributed by atoms with E-state index in [1.165, 1.54) is 88.0 Å². The second kappa shape index (κ2) is 12.5. The number of hydrogen-bond acceptors (Lipinski definition) is 1. The molecule has 1 heterocycles. The molecule has 0 radical (unpaired) electrons. The molecule has 0 fully saturated rings. The lowest BCUT2D eigenvalue weighted by Gasteiger charge is -2.15. The van der Waals surface area contributed by atoms with Crippen LogP contribution in [0, 0.1) is 0 Å². The Morgan fingerprint density at radius 2 is 0.615 bits per heavy atom. The van der Waals surface area contributed by atoms with Crippen LogP contribution in [0.4, 0.5) is 0 Å². The lowest BCUT2D eigenvalue weighted by Crippen LogP contribution is -1.92. The molecule has 0 aliphatic heterocycles. The van der Waals surface area contributed by atoms with Gasteiger partial charge >= 0.3 is 0 Å². The van der Waals surface area contributed by atoms with E-state index >= 15 is 0 Å². The molecular weight excluding hydrogens is 627 g/mol. The summed E-state index contributed by atoms with van der Waals surface area (Å²) in [5, 5.41) is 7.09. The van der Waals surface area contributed by atoms with Crippen molar-refractivity contribution in [3.63, 3.8) is 0 Å². The van der Waals surface area contributed by atoms with Crippen molar-refractivity contribution >= 4 is 43.4 Å². The minimum absolute atomic E-state index is 1.04. The van der Waals surface area contributed by atoms with Gasteiger partial charge in [0.25, 0.3) is 0 Å². The summed E-state index contributed by atoms with van der Waals surface area (Å²) in [6.07, 6.45) is 0. The van der Waals surface area contributed by atoms with E-state index in [-0.39, 0.29) is 0 Å². The van der Waals surface area contributed by atoms with Crippen LogP contribution in [-0.2, 0) is 0 Å².